The van der Waals surface area contributed by atoms with E-state index in [1.807, 2.05) is 35.7 Å². The molecule has 2 heterocycles. The number of halogens is 1. The van der Waals surface area contributed by atoms with Crippen molar-refractivity contribution in [1.82, 2.24) is 10.2 Å². The molecule has 3 aromatic rings. The molecule has 1 atom stereocenters. The number of ketones is 1. The van der Waals surface area contributed by atoms with Gasteiger partial charge in [0.2, 0.25) is 0 Å². The first-order chi connectivity index (χ1) is 17.0. The van der Waals surface area contributed by atoms with Crippen molar-refractivity contribution < 1.29 is 19.1 Å². The number of nitrogens with zero attached hydrogens (tertiary/aromatic N) is 2. The molecular weight excluding hydrogens is 465 g/mol. The molecule has 1 saturated heterocycles. The molecule has 35 heavy (non-hydrogen) atoms. The molecule has 1 fully saturated rings. The summed E-state index contributed by atoms with van der Waals surface area (Å²) in [6.45, 7) is 3.80. The summed E-state index contributed by atoms with van der Waals surface area (Å²) < 4.78 is 14.2. The summed E-state index contributed by atoms with van der Waals surface area (Å²) in [6, 6.07) is 16.9. The van der Waals surface area contributed by atoms with Gasteiger partial charge in [-0.05, 0) is 47.2 Å². The van der Waals surface area contributed by atoms with Crippen LogP contribution in [0.4, 0.5) is 10.1 Å². The van der Waals surface area contributed by atoms with E-state index in [2.05, 4.69) is 15.1 Å². The number of carbonyl (C=O) groups excluding carboxylic acids is 2. The number of amides is 1. The maximum Gasteiger partial charge on any atom is 0.261 e. The molecule has 0 bridgehead atoms. The molecule has 1 aliphatic heterocycles. The van der Waals surface area contributed by atoms with Gasteiger partial charge in [0.25, 0.3) is 5.91 Å². The summed E-state index contributed by atoms with van der Waals surface area (Å²) >= 11 is 1.32. The Morgan fingerprint density at radius 2 is 1.80 bits per heavy atom. The Hall–Kier alpha value is -3.07. The van der Waals surface area contributed by atoms with Crippen LogP contribution in [0, 0.1) is 5.82 Å². The van der Waals surface area contributed by atoms with Crippen LogP contribution in [0.25, 0.3) is 0 Å². The van der Waals surface area contributed by atoms with Crippen LogP contribution >= 0.6 is 11.3 Å². The maximum atomic E-state index is 14.2. The van der Waals surface area contributed by atoms with Crippen molar-refractivity contribution in [2.24, 2.45) is 0 Å². The smallest absolute Gasteiger partial charge is 0.261 e. The Balaban J connectivity index is 1.52. The molecule has 1 amide bonds. The Bertz CT molecular complexity index is 1120. The number of β-amino-alcohol motifs (C(OH)–C–C–N with tert-alkyl or cyclic N) is 1. The Morgan fingerprint density at radius 3 is 2.49 bits per heavy atom. The van der Waals surface area contributed by atoms with Gasteiger partial charge in [-0.25, -0.2) is 4.39 Å². The zero-order valence-electron chi connectivity index (χ0n) is 19.5. The van der Waals surface area contributed by atoms with Gasteiger partial charge in [0.1, 0.15) is 5.82 Å². The topological polar surface area (TPSA) is 72.9 Å². The Labute approximate surface area is 209 Å². The number of nitrogens with one attached hydrogen (secondary N) is 1. The zero-order chi connectivity index (χ0) is 24.6. The molecule has 1 aliphatic rings. The maximum absolute atomic E-state index is 14.2. The lowest BCUT2D eigenvalue weighted by molar-refractivity contribution is -0.120. The van der Waals surface area contributed by atoms with E-state index in [-0.39, 0.29) is 24.7 Å². The largest absolute Gasteiger partial charge is 0.395 e. The van der Waals surface area contributed by atoms with Crippen LogP contribution in [0.3, 0.4) is 0 Å². The van der Waals surface area contributed by atoms with Gasteiger partial charge in [0.05, 0.1) is 17.5 Å². The molecule has 1 unspecified atom stereocenters. The van der Waals surface area contributed by atoms with E-state index in [4.69, 9.17) is 0 Å². The minimum atomic E-state index is -0.732. The molecule has 8 heteroatoms. The van der Waals surface area contributed by atoms with E-state index < -0.39 is 11.9 Å². The van der Waals surface area contributed by atoms with Gasteiger partial charge in [-0.15, -0.1) is 11.3 Å². The third-order valence-electron chi connectivity index (χ3n) is 6.26. The summed E-state index contributed by atoms with van der Waals surface area (Å²) in [7, 11) is 0. The minimum Gasteiger partial charge on any atom is -0.395 e. The second-order valence-corrected chi connectivity index (χ2v) is 9.61. The van der Waals surface area contributed by atoms with Crippen molar-refractivity contribution in [1.29, 1.82) is 0 Å². The number of hydrogen-bond acceptors (Lipinski definition) is 6. The SMILES string of the molecule is O=C(NC(Cc1ccccc1)C(=O)Cc1cc(F)ccc1N1CCN(CCO)CC1)c1cccs1. The zero-order valence-corrected chi connectivity index (χ0v) is 20.3. The van der Waals surface area contributed by atoms with Gasteiger partial charge >= 0.3 is 0 Å². The Morgan fingerprint density at radius 1 is 1.03 bits per heavy atom. The number of carbonyl (C=O) groups is 2. The fourth-order valence-corrected chi connectivity index (χ4v) is 5.03. The normalized spacial score (nSPS) is 15.1. The number of hydrogen-bond donors (Lipinski definition) is 2. The molecule has 4 rings (SSSR count). The third-order valence-corrected chi connectivity index (χ3v) is 7.13. The first-order valence-electron chi connectivity index (χ1n) is 11.8. The number of thiophene rings is 1. The van der Waals surface area contributed by atoms with Crippen molar-refractivity contribution in [3.05, 3.63) is 87.9 Å². The van der Waals surface area contributed by atoms with E-state index in [1.54, 1.807) is 18.2 Å². The second-order valence-electron chi connectivity index (χ2n) is 8.66. The average molecular weight is 496 g/mol. The summed E-state index contributed by atoms with van der Waals surface area (Å²) in [4.78, 5) is 31.2. The van der Waals surface area contributed by atoms with Crippen molar-refractivity contribution in [2.75, 3.05) is 44.2 Å². The molecule has 184 valence electrons. The molecule has 1 aromatic heterocycles. The van der Waals surface area contributed by atoms with Crippen molar-refractivity contribution in [3.8, 4) is 0 Å². The predicted octanol–water partition coefficient (Wildman–Crippen LogP) is 3.15. The lowest BCUT2D eigenvalue weighted by Gasteiger charge is -2.36. The number of benzene rings is 2. The number of rotatable bonds is 10. The fourth-order valence-electron chi connectivity index (χ4n) is 4.40. The highest BCUT2D eigenvalue weighted by atomic mass is 32.1. The first kappa shape index (κ1) is 25.0. The monoisotopic (exact) mass is 495 g/mol. The molecule has 0 spiro atoms. The van der Waals surface area contributed by atoms with Crippen molar-refractivity contribution >= 4 is 28.7 Å². The van der Waals surface area contributed by atoms with Gasteiger partial charge in [-0.3, -0.25) is 14.5 Å². The minimum absolute atomic E-state index is 0.0200. The third kappa shape index (κ3) is 6.75. The Kier molecular flexibility index (Phi) is 8.63. The fraction of sp³-hybridized carbons (Fsp3) is 0.333. The van der Waals surface area contributed by atoms with E-state index in [0.29, 0.717) is 23.4 Å². The second kappa shape index (κ2) is 12.1. The summed E-state index contributed by atoms with van der Waals surface area (Å²) in [5.41, 5.74) is 2.40. The highest BCUT2D eigenvalue weighted by Gasteiger charge is 2.25. The van der Waals surface area contributed by atoms with Gasteiger partial charge in [0, 0.05) is 44.8 Å². The molecule has 2 aromatic carbocycles. The number of Topliss-reactive ketones (excluding diaryl/α,β-unsaturated/α-hetero) is 1. The van der Waals surface area contributed by atoms with Crippen LogP contribution in [-0.2, 0) is 17.6 Å². The number of aliphatic hydroxyl groups is 1. The standard InChI is InChI=1S/C27H30FN3O3S/c28-22-8-9-24(31-12-10-30(11-13-31)14-15-32)21(18-22)19-25(33)23(17-20-5-2-1-3-6-20)29-27(34)26-7-4-16-35-26/h1-9,16,18,23,32H,10-15,17,19H2,(H,29,34). The summed E-state index contributed by atoms with van der Waals surface area (Å²) in [5.74, 6) is -0.837. The van der Waals surface area contributed by atoms with E-state index in [0.717, 1.165) is 37.4 Å². The summed E-state index contributed by atoms with van der Waals surface area (Å²) in [6.07, 6.45) is 0.382. The van der Waals surface area contributed by atoms with E-state index in [1.165, 1.54) is 23.5 Å². The predicted molar refractivity (Wildman–Crippen MR) is 137 cm³/mol. The number of anilines is 1. The van der Waals surface area contributed by atoms with Crippen molar-refractivity contribution in [2.45, 2.75) is 18.9 Å². The molecule has 2 N–H and O–H groups in total. The lowest BCUT2D eigenvalue weighted by atomic mass is 9.96. The van der Waals surface area contributed by atoms with Crippen LogP contribution in [0.1, 0.15) is 20.8 Å². The summed E-state index contributed by atoms with van der Waals surface area (Å²) in [5, 5.41) is 13.9. The number of piperazine rings is 1. The van der Waals surface area contributed by atoms with Gasteiger partial charge in [0.15, 0.2) is 5.78 Å². The average Bonchev–Trinajstić information content (AvgIpc) is 3.41. The van der Waals surface area contributed by atoms with Crippen LogP contribution in [-0.4, -0.2) is 67.1 Å². The lowest BCUT2D eigenvalue weighted by Crippen LogP contribution is -2.47. The molecule has 0 radical (unpaired) electrons. The molecule has 0 saturated carbocycles. The highest BCUT2D eigenvalue weighted by Crippen LogP contribution is 2.25. The van der Waals surface area contributed by atoms with Crippen LogP contribution in [0.2, 0.25) is 0 Å². The van der Waals surface area contributed by atoms with E-state index in [9.17, 15) is 19.1 Å². The van der Waals surface area contributed by atoms with Crippen LogP contribution < -0.4 is 10.2 Å². The molecule has 6 nitrogen and oxygen atoms in total. The highest BCUT2D eigenvalue weighted by molar-refractivity contribution is 7.12. The number of aliphatic hydroxyl groups excluding tert-OH is 1. The van der Waals surface area contributed by atoms with Gasteiger partial charge in [-0.1, -0.05) is 36.4 Å². The van der Waals surface area contributed by atoms with E-state index >= 15 is 0 Å². The van der Waals surface area contributed by atoms with Crippen LogP contribution in [0.5, 0.6) is 0 Å². The van der Waals surface area contributed by atoms with Crippen molar-refractivity contribution in [3.63, 3.8) is 0 Å². The molecule has 0 aliphatic carbocycles. The molecular formula is C27H30FN3O3S. The van der Waals surface area contributed by atoms with Gasteiger partial charge in [-0.2, -0.15) is 0 Å². The van der Waals surface area contributed by atoms with Crippen LogP contribution in [0.15, 0.2) is 66.0 Å². The van der Waals surface area contributed by atoms with Gasteiger partial charge < -0.3 is 15.3 Å². The first-order valence-corrected chi connectivity index (χ1v) is 12.7. The quantitative estimate of drug-likeness (QED) is 0.452.